The van der Waals surface area contributed by atoms with Crippen molar-refractivity contribution in [2.24, 2.45) is 0 Å². The van der Waals surface area contributed by atoms with E-state index in [2.05, 4.69) is 21.2 Å². The molecule has 1 N–H and O–H groups in total. The molecule has 2 aromatic carbocycles. The number of nitrogens with zero attached hydrogens (tertiary/aromatic N) is 1. The van der Waals surface area contributed by atoms with Crippen LogP contribution in [-0.2, 0) is 6.54 Å². The molecule has 0 aliphatic carbocycles. The fourth-order valence-electron chi connectivity index (χ4n) is 2.45. The van der Waals surface area contributed by atoms with E-state index in [-0.39, 0.29) is 11.5 Å². The molecule has 0 atom stereocenters. The molecule has 1 amide bonds. The summed E-state index contributed by atoms with van der Waals surface area (Å²) in [4.78, 5) is 24.5. The number of amides is 1. The van der Waals surface area contributed by atoms with Gasteiger partial charge in [0, 0.05) is 22.4 Å². The van der Waals surface area contributed by atoms with Crippen LogP contribution < -0.4 is 10.9 Å². The van der Waals surface area contributed by atoms with Crippen LogP contribution in [0.3, 0.4) is 0 Å². The van der Waals surface area contributed by atoms with Crippen molar-refractivity contribution in [1.82, 2.24) is 4.57 Å². The maximum atomic E-state index is 12.4. The summed E-state index contributed by atoms with van der Waals surface area (Å²) in [5.74, 6) is -0.254. The van der Waals surface area contributed by atoms with E-state index < -0.39 is 0 Å². The second-order valence-corrected chi connectivity index (χ2v) is 6.75. The first-order chi connectivity index (χ1) is 12.0. The van der Waals surface area contributed by atoms with Crippen LogP contribution in [0.5, 0.6) is 0 Å². The van der Waals surface area contributed by atoms with Gasteiger partial charge in [-0.2, -0.15) is 0 Å². The largest absolute Gasteiger partial charge is 0.322 e. The molecule has 0 bridgehead atoms. The highest BCUT2D eigenvalue weighted by Crippen LogP contribution is 2.16. The Morgan fingerprint density at radius 2 is 1.84 bits per heavy atom. The lowest BCUT2D eigenvalue weighted by Crippen LogP contribution is -2.22. The molecule has 0 radical (unpaired) electrons. The molecule has 3 aromatic rings. The first kappa shape index (κ1) is 17.2. The zero-order chi connectivity index (χ0) is 17.8. The van der Waals surface area contributed by atoms with Crippen molar-refractivity contribution in [1.29, 1.82) is 0 Å². The normalized spacial score (nSPS) is 10.5. The van der Waals surface area contributed by atoms with E-state index in [1.807, 2.05) is 55.5 Å². The smallest absolute Gasteiger partial charge is 0.257 e. The summed E-state index contributed by atoms with van der Waals surface area (Å²) in [5.41, 5.74) is 3.16. The molecule has 1 heterocycles. The fourth-order valence-corrected chi connectivity index (χ4v) is 2.85. The number of halogens is 1. The minimum absolute atomic E-state index is 0.139. The number of hydrogen-bond donors (Lipinski definition) is 1. The van der Waals surface area contributed by atoms with Gasteiger partial charge in [0.05, 0.1) is 12.1 Å². The topological polar surface area (TPSA) is 51.1 Å². The van der Waals surface area contributed by atoms with Gasteiger partial charge in [-0.1, -0.05) is 51.8 Å². The average Bonchev–Trinajstić information content (AvgIpc) is 2.59. The number of rotatable bonds is 4. The third-order valence-corrected chi connectivity index (χ3v) is 4.29. The lowest BCUT2D eigenvalue weighted by Gasteiger charge is -2.10. The van der Waals surface area contributed by atoms with Crippen LogP contribution in [-0.4, -0.2) is 10.5 Å². The lowest BCUT2D eigenvalue weighted by molar-refractivity contribution is 0.102. The zero-order valence-corrected chi connectivity index (χ0v) is 15.3. The first-order valence-electron chi connectivity index (χ1n) is 7.84. The third-order valence-electron chi connectivity index (χ3n) is 3.80. The van der Waals surface area contributed by atoms with E-state index >= 15 is 0 Å². The van der Waals surface area contributed by atoms with Gasteiger partial charge >= 0.3 is 0 Å². The minimum atomic E-state index is -0.254. The van der Waals surface area contributed by atoms with Crippen LogP contribution in [0.2, 0.25) is 0 Å². The van der Waals surface area contributed by atoms with Gasteiger partial charge in [-0.15, -0.1) is 0 Å². The van der Waals surface area contributed by atoms with E-state index in [0.717, 1.165) is 10.0 Å². The Morgan fingerprint density at radius 1 is 1.08 bits per heavy atom. The Labute approximate surface area is 154 Å². The van der Waals surface area contributed by atoms with Gasteiger partial charge in [-0.05, 0) is 36.8 Å². The predicted molar refractivity (Wildman–Crippen MR) is 103 cm³/mol. The summed E-state index contributed by atoms with van der Waals surface area (Å²) in [6.45, 7) is 2.44. The zero-order valence-electron chi connectivity index (χ0n) is 13.7. The van der Waals surface area contributed by atoms with E-state index in [0.29, 0.717) is 17.8 Å². The van der Waals surface area contributed by atoms with Gasteiger partial charge in [0.25, 0.3) is 11.5 Å². The van der Waals surface area contributed by atoms with Gasteiger partial charge < -0.3 is 9.88 Å². The maximum absolute atomic E-state index is 12.4. The number of benzene rings is 2. The van der Waals surface area contributed by atoms with Gasteiger partial charge in [-0.3, -0.25) is 9.59 Å². The van der Waals surface area contributed by atoms with Gasteiger partial charge in [0.1, 0.15) is 0 Å². The Morgan fingerprint density at radius 3 is 2.56 bits per heavy atom. The summed E-state index contributed by atoms with van der Waals surface area (Å²) >= 11 is 3.37. The van der Waals surface area contributed by atoms with Crippen LogP contribution in [0.4, 0.5) is 5.69 Å². The van der Waals surface area contributed by atoms with Crippen LogP contribution in [0, 0.1) is 6.92 Å². The van der Waals surface area contributed by atoms with Crippen molar-refractivity contribution < 1.29 is 4.79 Å². The van der Waals surface area contributed by atoms with Crippen LogP contribution in [0.15, 0.2) is 76.1 Å². The predicted octanol–water partition coefficient (Wildman–Crippen LogP) is 4.22. The van der Waals surface area contributed by atoms with Gasteiger partial charge in [0.15, 0.2) is 0 Å². The molecule has 3 rings (SSSR count). The fraction of sp³-hybridized carbons (Fsp3) is 0.100. The third kappa shape index (κ3) is 4.45. The average molecular weight is 397 g/mol. The molecule has 25 heavy (non-hydrogen) atoms. The van der Waals surface area contributed by atoms with E-state index in [1.54, 1.807) is 16.8 Å². The quantitative estimate of drug-likeness (QED) is 0.717. The van der Waals surface area contributed by atoms with E-state index in [4.69, 9.17) is 0 Å². The second-order valence-electron chi connectivity index (χ2n) is 5.83. The molecule has 126 valence electrons. The van der Waals surface area contributed by atoms with Gasteiger partial charge in [0.2, 0.25) is 0 Å². The highest BCUT2D eigenvalue weighted by atomic mass is 79.9. The van der Waals surface area contributed by atoms with Gasteiger partial charge in [-0.25, -0.2) is 0 Å². The number of hydrogen-bond acceptors (Lipinski definition) is 2. The van der Waals surface area contributed by atoms with E-state index in [1.165, 1.54) is 11.6 Å². The summed E-state index contributed by atoms with van der Waals surface area (Å²) in [6.07, 6.45) is 1.59. The molecular weight excluding hydrogens is 380 g/mol. The van der Waals surface area contributed by atoms with Crippen LogP contribution in [0.1, 0.15) is 21.5 Å². The standard InChI is InChI=1S/C20H17BrN2O2/c1-14-5-7-15(8-6-14)12-23-13-16(9-10-19(23)24)20(25)22-18-4-2-3-17(21)11-18/h2-11,13H,12H2,1H3,(H,22,25). The van der Waals surface area contributed by atoms with Crippen molar-refractivity contribution in [2.45, 2.75) is 13.5 Å². The summed E-state index contributed by atoms with van der Waals surface area (Å²) in [5, 5.41) is 2.83. The molecule has 0 aliphatic rings. The van der Waals surface area contributed by atoms with Crippen molar-refractivity contribution in [3.8, 4) is 0 Å². The SMILES string of the molecule is Cc1ccc(Cn2cc(C(=O)Nc3cccc(Br)c3)ccc2=O)cc1. The molecule has 0 spiro atoms. The Hall–Kier alpha value is -2.66. The summed E-state index contributed by atoms with van der Waals surface area (Å²) in [7, 11) is 0. The molecule has 1 aromatic heterocycles. The van der Waals surface area contributed by atoms with Crippen LogP contribution >= 0.6 is 15.9 Å². The van der Waals surface area contributed by atoms with Crippen molar-refractivity contribution in [3.05, 3.63) is 98.4 Å². The van der Waals surface area contributed by atoms with Crippen molar-refractivity contribution in [2.75, 3.05) is 5.32 Å². The summed E-state index contributed by atoms with van der Waals surface area (Å²) < 4.78 is 2.43. The molecule has 0 saturated heterocycles. The molecule has 0 aliphatic heterocycles. The number of carbonyl (C=O) groups excluding carboxylic acids is 1. The molecule has 0 unspecified atom stereocenters. The lowest BCUT2D eigenvalue weighted by atomic mass is 10.1. The van der Waals surface area contributed by atoms with Crippen molar-refractivity contribution in [3.63, 3.8) is 0 Å². The Kier molecular flexibility index (Phi) is 5.14. The number of nitrogens with one attached hydrogen (secondary N) is 1. The summed E-state index contributed by atoms with van der Waals surface area (Å²) in [6, 6.07) is 18.3. The van der Waals surface area contributed by atoms with Crippen LogP contribution in [0.25, 0.3) is 0 Å². The highest BCUT2D eigenvalue weighted by molar-refractivity contribution is 9.10. The Bertz CT molecular complexity index is 962. The van der Waals surface area contributed by atoms with E-state index in [9.17, 15) is 9.59 Å². The highest BCUT2D eigenvalue weighted by Gasteiger charge is 2.09. The first-order valence-corrected chi connectivity index (χ1v) is 8.63. The second kappa shape index (κ2) is 7.49. The molecule has 0 fully saturated rings. The number of aryl methyl sites for hydroxylation is 1. The molecule has 0 saturated carbocycles. The molecule has 4 nitrogen and oxygen atoms in total. The molecule has 5 heteroatoms. The minimum Gasteiger partial charge on any atom is -0.322 e. The number of aromatic nitrogens is 1. The maximum Gasteiger partial charge on any atom is 0.257 e. The number of pyridine rings is 1. The number of carbonyl (C=O) groups is 1. The molecular formula is C20H17BrN2O2. The monoisotopic (exact) mass is 396 g/mol. The number of anilines is 1. The Balaban J connectivity index is 1.82. The van der Waals surface area contributed by atoms with Crippen molar-refractivity contribution >= 4 is 27.5 Å².